The van der Waals surface area contributed by atoms with Crippen LogP contribution < -0.4 is 20.7 Å². The van der Waals surface area contributed by atoms with Gasteiger partial charge >= 0.3 is 0 Å². The molecule has 2 N–H and O–H groups in total. The van der Waals surface area contributed by atoms with E-state index in [2.05, 4.69) is 26.1 Å². The van der Waals surface area contributed by atoms with Crippen LogP contribution in [-0.2, 0) is 14.8 Å². The number of fused-ring (bicyclic) bond motifs is 1. The Morgan fingerprint density at radius 1 is 0.970 bits per heavy atom. The molecule has 0 radical (unpaired) electrons. The van der Waals surface area contributed by atoms with Crippen molar-refractivity contribution >= 4 is 51.1 Å². The van der Waals surface area contributed by atoms with Crippen LogP contribution in [0.1, 0.15) is 10.4 Å². The first kappa shape index (κ1) is 22.2. The lowest BCUT2D eigenvalue weighted by Crippen LogP contribution is -2.30. The molecule has 0 aromatic heterocycles. The molecule has 3 aromatic rings. The molecule has 1 aliphatic heterocycles. The van der Waals surface area contributed by atoms with Gasteiger partial charge in [-0.25, -0.2) is 18.8 Å². The number of halogens is 1. The van der Waals surface area contributed by atoms with E-state index in [9.17, 15) is 18.0 Å². The minimum Gasteiger partial charge on any atom is -0.279 e. The van der Waals surface area contributed by atoms with Gasteiger partial charge in [0.15, 0.2) is 0 Å². The smallest absolute Gasteiger partial charge is 0.279 e. The molecule has 0 saturated heterocycles. The predicted molar refractivity (Wildman–Crippen MR) is 124 cm³/mol. The van der Waals surface area contributed by atoms with Crippen molar-refractivity contribution < 1.29 is 18.0 Å². The molecule has 0 spiro atoms. The lowest BCUT2D eigenvalue weighted by Gasteiger charge is -2.11. The molecule has 8 nitrogen and oxygen atoms in total. The molecule has 164 valence electrons. The second kappa shape index (κ2) is 9.22. The Bertz CT molecular complexity index is 1560. The average Bonchev–Trinajstić information content (AvgIpc) is 2.79. The maximum atomic E-state index is 12.7. The number of para-hydroxylation sites is 2. The normalized spacial score (nSPS) is 12.5. The molecular weight excluding hydrogens is 464 g/mol. The summed E-state index contributed by atoms with van der Waals surface area (Å²) in [5.74, 6) is 1.24. The van der Waals surface area contributed by atoms with E-state index in [1.54, 1.807) is 42.5 Å². The highest BCUT2D eigenvalue weighted by Crippen LogP contribution is 2.21. The van der Waals surface area contributed by atoms with E-state index in [4.69, 9.17) is 11.6 Å². The maximum absolute atomic E-state index is 12.7. The van der Waals surface area contributed by atoms with E-state index in [-0.39, 0.29) is 21.7 Å². The summed E-state index contributed by atoms with van der Waals surface area (Å²) in [6, 6.07) is 18.7. The van der Waals surface area contributed by atoms with Crippen molar-refractivity contribution in [3.05, 3.63) is 99.5 Å². The number of carbonyl (C=O) groups is 2. The summed E-state index contributed by atoms with van der Waals surface area (Å²) in [6.45, 7) is 0. The Hall–Kier alpha value is -4.04. The standard InChI is InChI=1S/C23H15ClN4O4S/c24-17-9-11-18(12-10-17)33(31,32)28-21-8-4-2-6-19(21)23(30)27-25-14-16-13-15-5-1-3-7-20(15)26-22(16)29/h1-13,28H,(H,27,30). The van der Waals surface area contributed by atoms with Crippen molar-refractivity contribution in [3.8, 4) is 0 Å². The number of hydrogen-bond donors (Lipinski definition) is 2. The fraction of sp³-hybridized carbons (Fsp3) is 0. The molecular formula is C23H15ClN4O4S. The van der Waals surface area contributed by atoms with Gasteiger partial charge in [0.2, 0.25) is 0 Å². The molecule has 3 aromatic carbocycles. The Morgan fingerprint density at radius 3 is 2.45 bits per heavy atom. The summed E-state index contributed by atoms with van der Waals surface area (Å²) >= 11 is 5.81. The Kier molecular flexibility index (Phi) is 6.19. The van der Waals surface area contributed by atoms with E-state index in [0.29, 0.717) is 10.4 Å². The zero-order valence-corrected chi connectivity index (χ0v) is 18.4. The third kappa shape index (κ3) is 5.07. The van der Waals surface area contributed by atoms with Gasteiger partial charge in [0.05, 0.1) is 21.5 Å². The molecule has 0 saturated carbocycles. The number of nitrogens with one attached hydrogen (secondary N) is 2. The summed E-state index contributed by atoms with van der Waals surface area (Å²) in [4.78, 5) is 28.7. The average molecular weight is 479 g/mol. The third-order valence-corrected chi connectivity index (χ3v) is 6.20. The van der Waals surface area contributed by atoms with Crippen LogP contribution in [0.5, 0.6) is 0 Å². The largest absolute Gasteiger partial charge is 0.287 e. The van der Waals surface area contributed by atoms with Crippen molar-refractivity contribution in [2.24, 2.45) is 10.1 Å². The molecule has 4 rings (SSSR count). The minimum atomic E-state index is -3.96. The Morgan fingerprint density at radius 2 is 1.67 bits per heavy atom. The van der Waals surface area contributed by atoms with Gasteiger partial charge in [0, 0.05) is 16.1 Å². The van der Waals surface area contributed by atoms with Crippen LogP contribution in [0.2, 0.25) is 5.02 Å². The molecule has 2 amide bonds. The highest BCUT2D eigenvalue weighted by atomic mass is 35.5. The SMILES string of the molecule is O=C1N=c2ccccc2=CC1=C=NNC(=O)c1ccccc1NS(=O)(=O)c1ccc(Cl)cc1. The number of carbonyl (C=O) groups excluding carboxylic acids is 2. The van der Waals surface area contributed by atoms with E-state index in [0.717, 1.165) is 5.22 Å². The highest BCUT2D eigenvalue weighted by molar-refractivity contribution is 7.92. The summed E-state index contributed by atoms with van der Waals surface area (Å²) in [5.41, 5.74) is 2.41. The summed E-state index contributed by atoms with van der Waals surface area (Å²) in [5, 5.41) is 5.37. The van der Waals surface area contributed by atoms with Crippen molar-refractivity contribution in [2.75, 3.05) is 4.72 Å². The number of anilines is 1. The first-order valence-corrected chi connectivity index (χ1v) is 11.4. The van der Waals surface area contributed by atoms with Crippen LogP contribution in [-0.4, -0.2) is 26.1 Å². The fourth-order valence-electron chi connectivity index (χ4n) is 2.97. The topological polar surface area (TPSA) is 117 Å². The van der Waals surface area contributed by atoms with Crippen LogP contribution in [0, 0.1) is 0 Å². The molecule has 0 aliphatic carbocycles. The fourth-order valence-corrected chi connectivity index (χ4v) is 4.17. The molecule has 1 heterocycles. The van der Waals surface area contributed by atoms with Gasteiger partial charge in [-0.05, 0) is 48.5 Å². The first-order valence-electron chi connectivity index (χ1n) is 9.54. The van der Waals surface area contributed by atoms with Gasteiger partial charge in [-0.15, -0.1) is 5.10 Å². The summed E-state index contributed by atoms with van der Waals surface area (Å²) in [7, 11) is -3.96. The van der Waals surface area contributed by atoms with Crippen molar-refractivity contribution in [3.63, 3.8) is 0 Å². The van der Waals surface area contributed by atoms with Crippen LogP contribution in [0.25, 0.3) is 6.08 Å². The van der Waals surface area contributed by atoms with Crippen LogP contribution in [0.15, 0.2) is 93.4 Å². The van der Waals surface area contributed by atoms with Gasteiger partial charge in [-0.1, -0.05) is 41.9 Å². The Balaban J connectivity index is 1.57. The van der Waals surface area contributed by atoms with Gasteiger partial charge in [-0.2, -0.15) is 0 Å². The van der Waals surface area contributed by atoms with E-state index in [1.807, 2.05) is 0 Å². The zero-order chi connectivity index (χ0) is 23.4. The van der Waals surface area contributed by atoms with Crippen molar-refractivity contribution in [1.82, 2.24) is 5.43 Å². The number of amides is 2. The van der Waals surface area contributed by atoms with E-state index in [1.165, 1.54) is 36.4 Å². The monoisotopic (exact) mass is 478 g/mol. The summed E-state index contributed by atoms with van der Waals surface area (Å²) < 4.78 is 27.7. The van der Waals surface area contributed by atoms with Gasteiger partial charge in [-0.3, -0.25) is 14.3 Å². The number of nitrogens with zero attached hydrogens (tertiary/aromatic N) is 2. The minimum absolute atomic E-state index is 0.0137. The number of hydrogen-bond acceptors (Lipinski definition) is 5. The first-order chi connectivity index (χ1) is 15.8. The molecule has 10 heteroatoms. The molecule has 0 atom stereocenters. The van der Waals surface area contributed by atoms with Crippen LogP contribution in [0.3, 0.4) is 0 Å². The van der Waals surface area contributed by atoms with Gasteiger partial charge < -0.3 is 0 Å². The third-order valence-electron chi connectivity index (χ3n) is 4.56. The molecule has 0 fully saturated rings. The van der Waals surface area contributed by atoms with E-state index < -0.39 is 21.8 Å². The molecule has 0 unspecified atom stereocenters. The van der Waals surface area contributed by atoms with Crippen molar-refractivity contribution in [1.29, 1.82) is 0 Å². The van der Waals surface area contributed by atoms with E-state index >= 15 is 0 Å². The molecule has 1 aliphatic rings. The van der Waals surface area contributed by atoms with Crippen molar-refractivity contribution in [2.45, 2.75) is 4.90 Å². The lowest BCUT2D eigenvalue weighted by molar-refractivity contribution is -0.114. The second-order valence-electron chi connectivity index (χ2n) is 6.80. The highest BCUT2D eigenvalue weighted by Gasteiger charge is 2.18. The summed E-state index contributed by atoms with van der Waals surface area (Å²) in [6.07, 6.45) is 1.56. The number of hydrazone groups is 1. The molecule has 33 heavy (non-hydrogen) atoms. The van der Waals surface area contributed by atoms with Gasteiger partial charge in [0.25, 0.3) is 21.8 Å². The maximum Gasteiger partial charge on any atom is 0.287 e. The van der Waals surface area contributed by atoms with Crippen LogP contribution >= 0.6 is 11.6 Å². The number of benzene rings is 3. The quantitative estimate of drug-likeness (QED) is 0.331. The lowest BCUT2D eigenvalue weighted by atomic mass is 10.1. The predicted octanol–water partition coefficient (Wildman–Crippen LogP) is 2.02. The number of sulfonamides is 1. The van der Waals surface area contributed by atoms with Crippen LogP contribution in [0.4, 0.5) is 5.69 Å². The number of rotatable bonds is 5. The zero-order valence-electron chi connectivity index (χ0n) is 16.8. The molecule has 0 bridgehead atoms. The van der Waals surface area contributed by atoms with Gasteiger partial charge in [0.1, 0.15) is 5.57 Å². The second-order valence-corrected chi connectivity index (χ2v) is 8.92. The Labute approximate surface area is 193 Å².